The number of para-hydroxylation sites is 1. The lowest BCUT2D eigenvalue weighted by atomic mass is 9.95. The predicted molar refractivity (Wildman–Crippen MR) is 128 cm³/mol. The van der Waals surface area contributed by atoms with E-state index in [-0.39, 0.29) is 16.6 Å². The van der Waals surface area contributed by atoms with E-state index in [2.05, 4.69) is 17.1 Å². The van der Waals surface area contributed by atoms with E-state index in [1.807, 2.05) is 24.3 Å². The molecule has 9 heteroatoms. The van der Waals surface area contributed by atoms with E-state index in [0.29, 0.717) is 17.8 Å². The lowest BCUT2D eigenvalue weighted by Gasteiger charge is -2.29. The molecule has 0 radical (unpaired) electrons. The van der Waals surface area contributed by atoms with Gasteiger partial charge in [-0.05, 0) is 30.8 Å². The van der Waals surface area contributed by atoms with Crippen LogP contribution in [-0.4, -0.2) is 62.8 Å². The van der Waals surface area contributed by atoms with Gasteiger partial charge in [-0.15, -0.1) is 0 Å². The van der Waals surface area contributed by atoms with Crippen LogP contribution in [0.2, 0.25) is 0 Å². The standard InChI is InChI=1S/C24H28N4O4S/c1-5-28-13-12-20-18(15-28)23(17-8-6-7-9-19(17)26-20)24(29)25-16-10-11-21(32-4)22(14-16)33(30,31)27(2)3/h6-11,14H,5,12-13,15H2,1-4H3,(H,25,29). The van der Waals surface area contributed by atoms with Crippen LogP contribution in [0.15, 0.2) is 47.4 Å². The third-order valence-electron chi connectivity index (χ3n) is 5.98. The quantitative estimate of drug-likeness (QED) is 0.598. The molecule has 4 rings (SSSR count). The summed E-state index contributed by atoms with van der Waals surface area (Å²) in [6, 6.07) is 12.2. The Bertz CT molecular complexity index is 1320. The minimum atomic E-state index is -3.76. The summed E-state index contributed by atoms with van der Waals surface area (Å²) in [4.78, 5) is 20.7. The number of hydrogen-bond acceptors (Lipinski definition) is 6. The van der Waals surface area contributed by atoms with Crippen molar-refractivity contribution < 1.29 is 17.9 Å². The van der Waals surface area contributed by atoms with Crippen LogP contribution in [0.1, 0.15) is 28.5 Å². The van der Waals surface area contributed by atoms with Crippen molar-refractivity contribution >= 4 is 32.5 Å². The molecule has 2 heterocycles. The molecule has 8 nitrogen and oxygen atoms in total. The first-order valence-corrected chi connectivity index (χ1v) is 12.2. The molecule has 0 saturated carbocycles. The van der Waals surface area contributed by atoms with Crippen LogP contribution in [0.25, 0.3) is 10.9 Å². The lowest BCUT2D eigenvalue weighted by Crippen LogP contribution is -2.33. The molecule has 1 aliphatic heterocycles. The average Bonchev–Trinajstić information content (AvgIpc) is 2.81. The van der Waals surface area contributed by atoms with Crippen molar-refractivity contribution in [1.29, 1.82) is 0 Å². The molecule has 0 fully saturated rings. The number of carbonyl (C=O) groups excluding carboxylic acids is 1. The number of hydrogen-bond donors (Lipinski definition) is 1. The summed E-state index contributed by atoms with van der Waals surface area (Å²) < 4.78 is 31.9. The van der Waals surface area contributed by atoms with Gasteiger partial charge in [0.05, 0.1) is 18.2 Å². The molecular weight excluding hydrogens is 440 g/mol. The zero-order valence-electron chi connectivity index (χ0n) is 19.3. The Morgan fingerprint density at radius 2 is 1.97 bits per heavy atom. The van der Waals surface area contributed by atoms with Crippen LogP contribution in [0.5, 0.6) is 5.75 Å². The normalized spacial score (nSPS) is 14.3. The van der Waals surface area contributed by atoms with Crippen LogP contribution in [-0.2, 0) is 23.0 Å². The third-order valence-corrected chi connectivity index (χ3v) is 7.82. The van der Waals surface area contributed by atoms with Gasteiger partial charge in [0.2, 0.25) is 10.0 Å². The van der Waals surface area contributed by atoms with Crippen molar-refractivity contribution in [2.75, 3.05) is 39.6 Å². The van der Waals surface area contributed by atoms with Crippen molar-refractivity contribution in [3.8, 4) is 5.75 Å². The highest BCUT2D eigenvalue weighted by Gasteiger charge is 2.27. The number of anilines is 1. The number of nitrogens with zero attached hydrogens (tertiary/aromatic N) is 3. The Kier molecular flexibility index (Phi) is 6.38. The Balaban J connectivity index is 1.79. The fourth-order valence-electron chi connectivity index (χ4n) is 4.12. The van der Waals surface area contributed by atoms with Crippen molar-refractivity contribution in [3.63, 3.8) is 0 Å². The molecule has 1 amide bonds. The maximum atomic E-state index is 13.6. The van der Waals surface area contributed by atoms with Crippen molar-refractivity contribution in [1.82, 2.24) is 14.2 Å². The minimum Gasteiger partial charge on any atom is -0.495 e. The summed E-state index contributed by atoms with van der Waals surface area (Å²) in [6.07, 6.45) is 0.780. The van der Waals surface area contributed by atoms with Crippen LogP contribution < -0.4 is 10.1 Å². The first-order valence-electron chi connectivity index (χ1n) is 10.8. The number of likely N-dealkylation sites (N-methyl/N-ethyl adjacent to an activating group) is 1. The highest BCUT2D eigenvalue weighted by molar-refractivity contribution is 7.89. The zero-order chi connectivity index (χ0) is 23.8. The van der Waals surface area contributed by atoms with E-state index in [0.717, 1.165) is 46.0 Å². The number of carbonyl (C=O) groups is 1. The summed E-state index contributed by atoms with van der Waals surface area (Å²) in [6.45, 7) is 4.54. The maximum Gasteiger partial charge on any atom is 0.256 e. The lowest BCUT2D eigenvalue weighted by molar-refractivity contribution is 0.102. The van der Waals surface area contributed by atoms with Crippen LogP contribution >= 0.6 is 0 Å². The van der Waals surface area contributed by atoms with Gasteiger partial charge in [-0.2, -0.15) is 0 Å². The number of fused-ring (bicyclic) bond motifs is 2. The molecule has 0 spiro atoms. The summed E-state index contributed by atoms with van der Waals surface area (Å²) in [7, 11) is 0.558. The van der Waals surface area contributed by atoms with Crippen molar-refractivity contribution in [2.24, 2.45) is 0 Å². The number of rotatable bonds is 6. The van der Waals surface area contributed by atoms with Gasteiger partial charge in [-0.25, -0.2) is 12.7 Å². The SMILES string of the molecule is CCN1CCc2nc3ccccc3c(C(=O)Nc3ccc(OC)c(S(=O)(=O)N(C)C)c3)c2C1. The molecule has 1 aromatic heterocycles. The fraction of sp³-hybridized carbons (Fsp3) is 0.333. The third kappa shape index (κ3) is 4.31. The smallest absolute Gasteiger partial charge is 0.256 e. The molecule has 0 bridgehead atoms. The van der Waals surface area contributed by atoms with E-state index in [9.17, 15) is 13.2 Å². The number of ether oxygens (including phenoxy) is 1. The number of pyridine rings is 1. The van der Waals surface area contributed by atoms with Gasteiger partial charge in [0.1, 0.15) is 10.6 Å². The highest BCUT2D eigenvalue weighted by atomic mass is 32.2. The number of methoxy groups -OCH3 is 1. The Morgan fingerprint density at radius 1 is 1.21 bits per heavy atom. The Hall–Kier alpha value is -3.01. The number of benzene rings is 2. The second kappa shape index (κ2) is 9.09. The van der Waals surface area contributed by atoms with Gasteiger partial charge in [0.15, 0.2) is 0 Å². The van der Waals surface area contributed by atoms with Crippen LogP contribution in [0.3, 0.4) is 0 Å². The molecular formula is C24H28N4O4S. The van der Waals surface area contributed by atoms with Gasteiger partial charge < -0.3 is 10.1 Å². The minimum absolute atomic E-state index is 0.00780. The van der Waals surface area contributed by atoms with Crippen molar-refractivity contribution in [3.05, 3.63) is 59.3 Å². The number of amides is 1. The van der Waals surface area contributed by atoms with E-state index >= 15 is 0 Å². The van der Waals surface area contributed by atoms with E-state index < -0.39 is 10.0 Å². The zero-order valence-corrected chi connectivity index (χ0v) is 20.1. The molecule has 1 aliphatic rings. The molecule has 1 N–H and O–H groups in total. The van der Waals surface area contributed by atoms with Gasteiger partial charge in [-0.1, -0.05) is 25.1 Å². The molecule has 0 aliphatic carbocycles. The molecule has 3 aromatic rings. The first-order chi connectivity index (χ1) is 15.8. The molecule has 33 heavy (non-hydrogen) atoms. The molecule has 2 aromatic carbocycles. The highest BCUT2D eigenvalue weighted by Crippen LogP contribution is 2.31. The van der Waals surface area contributed by atoms with Gasteiger partial charge in [0.25, 0.3) is 5.91 Å². The summed E-state index contributed by atoms with van der Waals surface area (Å²) >= 11 is 0. The van der Waals surface area contributed by atoms with E-state index in [1.165, 1.54) is 27.3 Å². The number of aromatic nitrogens is 1. The Labute approximate surface area is 194 Å². The average molecular weight is 469 g/mol. The topological polar surface area (TPSA) is 91.8 Å². The van der Waals surface area contributed by atoms with Gasteiger partial charge in [0, 0.05) is 55.9 Å². The number of sulfonamides is 1. The van der Waals surface area contributed by atoms with E-state index in [4.69, 9.17) is 9.72 Å². The molecule has 174 valence electrons. The molecule has 0 saturated heterocycles. The summed E-state index contributed by atoms with van der Waals surface area (Å²) in [5, 5.41) is 3.69. The van der Waals surface area contributed by atoms with Crippen LogP contribution in [0, 0.1) is 0 Å². The fourth-order valence-corrected chi connectivity index (χ4v) is 5.20. The molecule has 0 unspecified atom stereocenters. The largest absolute Gasteiger partial charge is 0.495 e. The molecule has 0 atom stereocenters. The second-order valence-corrected chi connectivity index (χ2v) is 10.3. The number of nitrogens with one attached hydrogen (secondary N) is 1. The first kappa shape index (κ1) is 23.2. The van der Waals surface area contributed by atoms with Gasteiger partial charge in [-0.3, -0.25) is 14.7 Å². The maximum absolute atomic E-state index is 13.6. The summed E-state index contributed by atoms with van der Waals surface area (Å²) in [5.41, 5.74) is 3.60. The van der Waals surface area contributed by atoms with Crippen LogP contribution in [0.4, 0.5) is 5.69 Å². The predicted octanol–water partition coefficient (Wildman–Crippen LogP) is 3.12. The van der Waals surface area contributed by atoms with E-state index in [1.54, 1.807) is 12.1 Å². The van der Waals surface area contributed by atoms with Gasteiger partial charge >= 0.3 is 0 Å². The summed E-state index contributed by atoms with van der Waals surface area (Å²) in [5.74, 6) is -0.0757. The Morgan fingerprint density at radius 3 is 2.67 bits per heavy atom. The second-order valence-electron chi connectivity index (χ2n) is 8.16. The monoisotopic (exact) mass is 468 g/mol. The van der Waals surface area contributed by atoms with Crippen molar-refractivity contribution in [2.45, 2.75) is 24.8 Å².